The molecule has 0 saturated carbocycles. The van der Waals surface area contributed by atoms with E-state index in [9.17, 15) is 9.59 Å². The van der Waals surface area contributed by atoms with Gasteiger partial charge in [-0.1, -0.05) is 0 Å². The molecule has 30 heavy (non-hydrogen) atoms. The summed E-state index contributed by atoms with van der Waals surface area (Å²) in [5.74, 6) is 0.571. The number of nitrogens with one attached hydrogen (secondary N) is 2. The molecule has 0 unspecified atom stereocenters. The van der Waals surface area contributed by atoms with Crippen LogP contribution in [0.1, 0.15) is 35.4 Å². The van der Waals surface area contributed by atoms with Gasteiger partial charge in [-0.25, -0.2) is 9.97 Å². The number of piperidine rings is 1. The Balaban J connectivity index is 1.72. The summed E-state index contributed by atoms with van der Waals surface area (Å²) in [5, 5.41) is 5.53. The van der Waals surface area contributed by atoms with E-state index in [-0.39, 0.29) is 11.6 Å². The van der Waals surface area contributed by atoms with E-state index in [1.165, 1.54) is 31.5 Å². The number of carbonyl (C=O) groups excluding carboxylic acids is 2. The molecule has 0 atom stereocenters. The molecule has 0 spiro atoms. The van der Waals surface area contributed by atoms with Gasteiger partial charge in [-0.3, -0.25) is 9.59 Å². The van der Waals surface area contributed by atoms with Crippen LogP contribution >= 0.6 is 0 Å². The Morgan fingerprint density at radius 3 is 2.50 bits per heavy atom. The number of allylic oxidation sites excluding steroid dienone is 3. The summed E-state index contributed by atoms with van der Waals surface area (Å²) in [6.07, 6.45) is 8.52. The van der Waals surface area contributed by atoms with Gasteiger partial charge in [-0.2, -0.15) is 0 Å². The SMILES string of the molecule is CNc1ccnc(C(/C=C(\C=O)NC(=O)c2ccc(N3CCCCC3)cc2)=C/N)n1. The first kappa shape index (κ1) is 21.0. The molecule has 3 rings (SSSR count). The number of benzene rings is 1. The molecule has 156 valence electrons. The number of nitrogens with two attached hydrogens (primary N) is 1. The van der Waals surface area contributed by atoms with Crippen molar-refractivity contribution in [2.24, 2.45) is 5.73 Å². The third-order valence-electron chi connectivity index (χ3n) is 4.90. The van der Waals surface area contributed by atoms with Gasteiger partial charge in [-0.05, 0) is 55.7 Å². The summed E-state index contributed by atoms with van der Waals surface area (Å²) in [5.41, 5.74) is 7.74. The number of nitrogens with zero attached hydrogens (tertiary/aromatic N) is 3. The molecule has 8 nitrogen and oxygen atoms in total. The van der Waals surface area contributed by atoms with Crippen molar-refractivity contribution < 1.29 is 9.59 Å². The van der Waals surface area contributed by atoms with Crippen molar-refractivity contribution in [3.05, 3.63) is 65.9 Å². The molecule has 2 heterocycles. The van der Waals surface area contributed by atoms with Crippen LogP contribution in [0.3, 0.4) is 0 Å². The van der Waals surface area contributed by atoms with Gasteiger partial charge in [0.05, 0.1) is 5.70 Å². The molecule has 0 bridgehead atoms. The Bertz CT molecular complexity index is 946. The molecule has 4 N–H and O–H groups in total. The van der Waals surface area contributed by atoms with Crippen molar-refractivity contribution >= 4 is 29.3 Å². The molecule has 1 fully saturated rings. The highest BCUT2D eigenvalue weighted by molar-refractivity contribution is 5.99. The highest BCUT2D eigenvalue weighted by Crippen LogP contribution is 2.20. The first-order valence-electron chi connectivity index (χ1n) is 9.91. The lowest BCUT2D eigenvalue weighted by Crippen LogP contribution is -2.29. The lowest BCUT2D eigenvalue weighted by molar-refractivity contribution is -0.105. The van der Waals surface area contributed by atoms with Gasteiger partial charge in [0.15, 0.2) is 12.1 Å². The van der Waals surface area contributed by atoms with Crippen molar-refractivity contribution in [2.45, 2.75) is 19.3 Å². The van der Waals surface area contributed by atoms with E-state index in [2.05, 4.69) is 25.5 Å². The number of carbonyl (C=O) groups is 2. The maximum Gasteiger partial charge on any atom is 0.255 e. The second-order valence-electron chi connectivity index (χ2n) is 6.90. The molecular weight excluding hydrogens is 380 g/mol. The minimum atomic E-state index is -0.375. The maximum absolute atomic E-state index is 12.6. The fourth-order valence-electron chi connectivity index (χ4n) is 3.27. The summed E-state index contributed by atoms with van der Waals surface area (Å²) in [6, 6.07) is 9.11. The highest BCUT2D eigenvalue weighted by Gasteiger charge is 2.13. The lowest BCUT2D eigenvalue weighted by Gasteiger charge is -2.28. The molecule has 1 aromatic carbocycles. The molecule has 1 saturated heterocycles. The van der Waals surface area contributed by atoms with Crippen LogP contribution in [0.2, 0.25) is 0 Å². The highest BCUT2D eigenvalue weighted by atomic mass is 16.2. The van der Waals surface area contributed by atoms with Crippen molar-refractivity contribution in [2.75, 3.05) is 30.4 Å². The Morgan fingerprint density at radius 1 is 1.13 bits per heavy atom. The van der Waals surface area contributed by atoms with E-state index in [1.807, 2.05) is 12.1 Å². The van der Waals surface area contributed by atoms with Crippen LogP contribution in [0.15, 0.2) is 54.5 Å². The predicted molar refractivity (Wildman–Crippen MR) is 118 cm³/mol. The quantitative estimate of drug-likeness (QED) is 0.367. The zero-order valence-corrected chi connectivity index (χ0v) is 17.0. The summed E-state index contributed by atoms with van der Waals surface area (Å²) in [7, 11) is 1.74. The fourth-order valence-corrected chi connectivity index (χ4v) is 3.27. The number of aldehydes is 1. The van der Waals surface area contributed by atoms with E-state index in [0.717, 1.165) is 18.8 Å². The Hall–Kier alpha value is -3.68. The number of hydrogen-bond donors (Lipinski definition) is 3. The monoisotopic (exact) mass is 406 g/mol. The number of anilines is 2. The van der Waals surface area contributed by atoms with Crippen molar-refractivity contribution in [3.8, 4) is 0 Å². The van der Waals surface area contributed by atoms with Crippen LogP contribution in [0.4, 0.5) is 11.5 Å². The average Bonchev–Trinajstić information content (AvgIpc) is 2.82. The standard InChI is InChI=1S/C22H26N6O2/c1-24-20-9-10-25-21(27-20)17(14-23)13-18(15-29)26-22(30)16-5-7-19(8-6-16)28-11-3-2-4-12-28/h5-10,13-15H,2-4,11-12,23H2,1H3,(H,26,30)(H,24,25,27)/b17-14+,18-13+. The van der Waals surface area contributed by atoms with Gasteiger partial charge in [0.2, 0.25) is 0 Å². The van der Waals surface area contributed by atoms with Crippen molar-refractivity contribution in [1.82, 2.24) is 15.3 Å². The molecular formula is C22H26N6O2. The molecule has 1 amide bonds. The molecule has 0 radical (unpaired) electrons. The van der Waals surface area contributed by atoms with Crippen LogP contribution in [-0.4, -0.2) is 42.3 Å². The van der Waals surface area contributed by atoms with Crippen LogP contribution in [-0.2, 0) is 4.79 Å². The molecule has 0 aliphatic carbocycles. The third-order valence-corrected chi connectivity index (χ3v) is 4.90. The number of rotatable bonds is 7. The van der Waals surface area contributed by atoms with E-state index in [4.69, 9.17) is 5.73 Å². The van der Waals surface area contributed by atoms with E-state index < -0.39 is 0 Å². The lowest BCUT2D eigenvalue weighted by atomic mass is 10.1. The van der Waals surface area contributed by atoms with Crippen LogP contribution in [0.5, 0.6) is 0 Å². The molecule has 2 aromatic rings. The van der Waals surface area contributed by atoms with E-state index in [0.29, 0.717) is 29.1 Å². The first-order valence-corrected chi connectivity index (χ1v) is 9.91. The molecule has 1 aromatic heterocycles. The summed E-state index contributed by atoms with van der Waals surface area (Å²) >= 11 is 0. The van der Waals surface area contributed by atoms with Crippen LogP contribution in [0, 0.1) is 0 Å². The van der Waals surface area contributed by atoms with Gasteiger partial charge < -0.3 is 21.3 Å². The average molecular weight is 406 g/mol. The normalized spacial score (nSPS) is 14.9. The third kappa shape index (κ3) is 5.22. The zero-order chi connectivity index (χ0) is 21.3. The maximum atomic E-state index is 12.6. The van der Waals surface area contributed by atoms with Gasteiger partial charge in [0, 0.05) is 49.4 Å². The minimum Gasteiger partial charge on any atom is -0.404 e. The molecule has 1 aliphatic rings. The smallest absolute Gasteiger partial charge is 0.255 e. The fraction of sp³-hybridized carbons (Fsp3) is 0.273. The first-order chi connectivity index (χ1) is 14.6. The Labute approximate surface area is 175 Å². The zero-order valence-electron chi connectivity index (χ0n) is 17.0. The van der Waals surface area contributed by atoms with E-state index >= 15 is 0 Å². The number of aromatic nitrogens is 2. The molecule has 1 aliphatic heterocycles. The largest absolute Gasteiger partial charge is 0.404 e. The Morgan fingerprint density at radius 2 is 1.87 bits per heavy atom. The second-order valence-corrected chi connectivity index (χ2v) is 6.90. The summed E-state index contributed by atoms with van der Waals surface area (Å²) < 4.78 is 0. The molecule has 8 heteroatoms. The van der Waals surface area contributed by atoms with E-state index in [1.54, 1.807) is 31.4 Å². The summed E-state index contributed by atoms with van der Waals surface area (Å²) in [4.78, 5) is 34.9. The Kier molecular flexibility index (Phi) is 7.15. The van der Waals surface area contributed by atoms with Crippen LogP contribution in [0.25, 0.3) is 5.57 Å². The number of amides is 1. The van der Waals surface area contributed by atoms with Crippen LogP contribution < -0.4 is 21.3 Å². The van der Waals surface area contributed by atoms with Gasteiger partial charge in [-0.15, -0.1) is 0 Å². The number of hydrogen-bond acceptors (Lipinski definition) is 7. The van der Waals surface area contributed by atoms with Gasteiger partial charge in [0.1, 0.15) is 5.82 Å². The van der Waals surface area contributed by atoms with Gasteiger partial charge >= 0.3 is 0 Å². The minimum absolute atomic E-state index is 0.0651. The second kappa shape index (κ2) is 10.2. The van der Waals surface area contributed by atoms with Crippen molar-refractivity contribution in [1.29, 1.82) is 0 Å². The van der Waals surface area contributed by atoms with Crippen molar-refractivity contribution in [3.63, 3.8) is 0 Å². The topological polar surface area (TPSA) is 113 Å². The van der Waals surface area contributed by atoms with Gasteiger partial charge in [0.25, 0.3) is 5.91 Å². The summed E-state index contributed by atoms with van der Waals surface area (Å²) in [6.45, 7) is 2.07. The predicted octanol–water partition coefficient (Wildman–Crippen LogP) is 2.32.